The zero-order valence-electron chi connectivity index (χ0n) is 18.9. The molecule has 2 aromatic rings. The summed E-state index contributed by atoms with van der Waals surface area (Å²) in [5.74, 6) is 3.37. The third kappa shape index (κ3) is 6.72. The number of nitrogens with zero attached hydrogens (tertiary/aromatic N) is 3. The van der Waals surface area contributed by atoms with E-state index in [4.69, 9.17) is 22.2 Å². The molecule has 36 heavy (non-hydrogen) atoms. The second kappa shape index (κ2) is 11.2. The molecule has 1 saturated heterocycles. The van der Waals surface area contributed by atoms with E-state index in [9.17, 15) is 31.5 Å². The highest BCUT2D eigenvalue weighted by Gasteiger charge is 2.35. The Hall–Kier alpha value is -3.19. The van der Waals surface area contributed by atoms with Crippen LogP contribution in [0.2, 0.25) is 5.02 Å². The number of alkyl halides is 3. The van der Waals surface area contributed by atoms with Crippen LogP contribution in [0.1, 0.15) is 18.4 Å². The first kappa shape index (κ1) is 27.4. The van der Waals surface area contributed by atoms with Gasteiger partial charge in [-0.3, -0.25) is 9.10 Å². The van der Waals surface area contributed by atoms with E-state index >= 15 is 0 Å². The van der Waals surface area contributed by atoms with E-state index in [-0.39, 0.29) is 23.3 Å². The monoisotopic (exact) mass is 548 g/mol. The number of aliphatic carboxylic acids is 1. The van der Waals surface area contributed by atoms with E-state index in [1.807, 2.05) is 4.90 Å². The Kier molecular flexibility index (Phi) is 8.56. The molecule has 1 aliphatic rings. The minimum Gasteiger partial charge on any atom is -0.493 e. The summed E-state index contributed by atoms with van der Waals surface area (Å²) in [6.45, 7) is 0.246. The maximum absolute atomic E-state index is 13.7. The predicted octanol–water partition coefficient (Wildman–Crippen LogP) is 3.63. The summed E-state index contributed by atoms with van der Waals surface area (Å²) in [6.07, 6.45) is -1.97. The molecular formula is C22H24ClF3N4O5S. The van der Waals surface area contributed by atoms with Crippen LogP contribution in [0.15, 0.2) is 52.5 Å². The molecule has 0 spiro atoms. The number of ether oxygens (including phenoxy) is 1. The van der Waals surface area contributed by atoms with Gasteiger partial charge in [-0.15, -0.1) is 0 Å². The zero-order chi connectivity index (χ0) is 26.5. The van der Waals surface area contributed by atoms with Crippen molar-refractivity contribution in [3.05, 3.63) is 53.1 Å². The lowest BCUT2D eigenvalue weighted by molar-refractivity contribution is -0.137. The highest BCUT2D eigenvalue weighted by Crippen LogP contribution is 2.37. The fraction of sp³-hybridized carbons (Fsp3) is 0.364. The number of sulfonamides is 1. The minimum atomic E-state index is -4.84. The van der Waals surface area contributed by atoms with Crippen molar-refractivity contribution in [1.82, 2.24) is 4.90 Å². The Balaban J connectivity index is 1.95. The molecule has 2 aromatic carbocycles. The number of nitrogens with two attached hydrogens (primary N) is 1. The summed E-state index contributed by atoms with van der Waals surface area (Å²) in [7, 11) is -4.64. The number of benzene rings is 2. The Morgan fingerprint density at radius 3 is 2.50 bits per heavy atom. The smallest absolute Gasteiger partial charge is 0.416 e. The third-order valence-electron chi connectivity index (χ3n) is 5.55. The van der Waals surface area contributed by atoms with Gasteiger partial charge >= 0.3 is 12.1 Å². The van der Waals surface area contributed by atoms with Crippen molar-refractivity contribution in [1.29, 1.82) is 0 Å². The zero-order valence-corrected chi connectivity index (χ0v) is 20.4. The van der Waals surface area contributed by atoms with Crippen molar-refractivity contribution in [2.45, 2.75) is 23.9 Å². The standard InChI is InChI=1S/C22H24ClF3N4O5S/c23-19-3-1-2-4-20(19)36(33,34)30(12-21(31)32)17-9-16(22(24,25)26)10-18(11-17)35-13-15-5-7-29(8-6-15)14-28-27/h1-4,9-11,14-15H,5-8,12-13,27H2,(H,31,32). The van der Waals surface area contributed by atoms with E-state index in [1.54, 1.807) is 0 Å². The van der Waals surface area contributed by atoms with Crippen molar-refractivity contribution >= 4 is 39.6 Å². The lowest BCUT2D eigenvalue weighted by atomic mass is 9.98. The molecule has 1 fully saturated rings. The largest absolute Gasteiger partial charge is 0.493 e. The Labute approximate surface area is 210 Å². The van der Waals surface area contributed by atoms with Gasteiger partial charge in [0.25, 0.3) is 10.0 Å². The van der Waals surface area contributed by atoms with Crippen LogP contribution in [0, 0.1) is 5.92 Å². The van der Waals surface area contributed by atoms with Gasteiger partial charge in [0.05, 0.1) is 22.9 Å². The van der Waals surface area contributed by atoms with Crippen LogP contribution in [-0.4, -0.2) is 57.0 Å². The molecule has 0 amide bonds. The average molecular weight is 549 g/mol. The highest BCUT2D eigenvalue weighted by molar-refractivity contribution is 7.93. The molecule has 3 rings (SSSR count). The number of halogens is 4. The van der Waals surface area contributed by atoms with Crippen molar-refractivity contribution in [3.8, 4) is 5.75 Å². The van der Waals surface area contributed by atoms with Gasteiger partial charge in [-0.25, -0.2) is 8.42 Å². The molecule has 196 valence electrons. The van der Waals surface area contributed by atoms with Crippen LogP contribution in [0.4, 0.5) is 18.9 Å². The molecule has 0 radical (unpaired) electrons. The molecule has 3 N–H and O–H groups in total. The van der Waals surface area contributed by atoms with Gasteiger partial charge in [-0.1, -0.05) is 23.7 Å². The van der Waals surface area contributed by atoms with Gasteiger partial charge in [-0.05, 0) is 43.0 Å². The molecule has 1 aliphatic heterocycles. The minimum absolute atomic E-state index is 0.0346. The van der Waals surface area contributed by atoms with Crippen molar-refractivity contribution in [2.75, 3.05) is 30.5 Å². The topological polar surface area (TPSA) is 126 Å². The molecular weight excluding hydrogens is 525 g/mol. The fourth-order valence-corrected chi connectivity index (χ4v) is 5.62. The fourth-order valence-electron chi connectivity index (χ4n) is 3.73. The van der Waals surface area contributed by atoms with Crippen LogP contribution in [0.5, 0.6) is 5.75 Å². The number of anilines is 1. The lowest BCUT2D eigenvalue weighted by Crippen LogP contribution is -2.36. The molecule has 0 aliphatic carbocycles. The van der Waals surface area contributed by atoms with Crippen LogP contribution < -0.4 is 14.9 Å². The maximum atomic E-state index is 13.7. The summed E-state index contributed by atoms with van der Waals surface area (Å²) in [5, 5.41) is 12.6. The number of carboxylic acids is 1. The molecule has 0 saturated carbocycles. The number of rotatable bonds is 9. The first-order valence-corrected chi connectivity index (χ1v) is 12.5. The summed E-state index contributed by atoms with van der Waals surface area (Å²) in [4.78, 5) is 13.0. The molecule has 1 heterocycles. The van der Waals surface area contributed by atoms with E-state index in [1.165, 1.54) is 24.5 Å². The second-order valence-corrected chi connectivity index (χ2v) is 10.3. The second-order valence-electron chi connectivity index (χ2n) is 8.10. The molecule has 9 nitrogen and oxygen atoms in total. The van der Waals surface area contributed by atoms with Gasteiger partial charge in [0.15, 0.2) is 0 Å². The Morgan fingerprint density at radius 1 is 1.25 bits per heavy atom. The number of likely N-dealkylation sites (tertiary alicyclic amines) is 1. The predicted molar refractivity (Wildman–Crippen MR) is 128 cm³/mol. The van der Waals surface area contributed by atoms with Crippen LogP contribution in [-0.2, 0) is 21.0 Å². The Morgan fingerprint density at radius 2 is 1.92 bits per heavy atom. The van der Waals surface area contributed by atoms with Crippen molar-refractivity contribution in [3.63, 3.8) is 0 Å². The van der Waals surface area contributed by atoms with E-state index in [2.05, 4.69) is 5.10 Å². The number of hydrogen-bond donors (Lipinski definition) is 2. The van der Waals surface area contributed by atoms with Gasteiger partial charge < -0.3 is 20.6 Å². The quantitative estimate of drug-likeness (QED) is 0.212. The number of piperidine rings is 1. The summed E-state index contributed by atoms with van der Waals surface area (Å²) >= 11 is 6.00. The molecule has 0 unspecified atom stereocenters. The third-order valence-corrected chi connectivity index (χ3v) is 7.83. The number of hydrazone groups is 1. The number of carboxylic acid groups (broad SMARTS) is 1. The van der Waals surface area contributed by atoms with Gasteiger partial charge in [-0.2, -0.15) is 18.3 Å². The van der Waals surface area contributed by atoms with Gasteiger partial charge in [0, 0.05) is 19.2 Å². The first-order valence-electron chi connectivity index (χ1n) is 10.7. The van der Waals surface area contributed by atoms with Crippen LogP contribution in [0.25, 0.3) is 0 Å². The highest BCUT2D eigenvalue weighted by atomic mass is 35.5. The van der Waals surface area contributed by atoms with Crippen molar-refractivity contribution in [2.24, 2.45) is 16.9 Å². The first-order chi connectivity index (χ1) is 16.9. The number of hydrogen-bond acceptors (Lipinski definition) is 6. The van der Waals surface area contributed by atoms with E-state index in [0.29, 0.717) is 36.3 Å². The van der Waals surface area contributed by atoms with Gasteiger partial charge in [0.1, 0.15) is 23.5 Å². The van der Waals surface area contributed by atoms with E-state index in [0.717, 1.165) is 18.2 Å². The van der Waals surface area contributed by atoms with Crippen LogP contribution >= 0.6 is 11.6 Å². The molecule has 0 bridgehead atoms. The van der Waals surface area contributed by atoms with Crippen molar-refractivity contribution < 1.29 is 36.2 Å². The Bertz CT molecular complexity index is 1220. The molecule has 0 aromatic heterocycles. The summed E-state index contributed by atoms with van der Waals surface area (Å²) in [5.41, 5.74) is -1.70. The number of carbonyl (C=O) groups is 1. The summed E-state index contributed by atoms with van der Waals surface area (Å²) < 4.78 is 73.6. The van der Waals surface area contributed by atoms with Gasteiger partial charge in [0.2, 0.25) is 0 Å². The maximum Gasteiger partial charge on any atom is 0.416 e. The van der Waals surface area contributed by atoms with Crippen LogP contribution in [0.3, 0.4) is 0 Å². The molecule has 0 atom stereocenters. The molecule has 14 heteroatoms. The van der Waals surface area contributed by atoms with E-state index < -0.39 is 44.9 Å². The summed E-state index contributed by atoms with van der Waals surface area (Å²) in [6, 6.07) is 7.63. The normalized spacial score (nSPS) is 15.3. The average Bonchev–Trinajstić information content (AvgIpc) is 2.81. The lowest BCUT2D eigenvalue weighted by Gasteiger charge is -2.30. The SMILES string of the molecule is NN=CN1CCC(COc2cc(N(CC(=O)O)S(=O)(=O)c3ccccc3Cl)cc(C(F)(F)F)c2)CC1.